The Labute approximate surface area is 148 Å². The second kappa shape index (κ2) is 5.92. The number of aryl methyl sites for hydroxylation is 2. The molecule has 1 aromatic carbocycles. The molecule has 0 aliphatic carbocycles. The van der Waals surface area contributed by atoms with Gasteiger partial charge in [0.1, 0.15) is 5.75 Å². The lowest BCUT2D eigenvalue weighted by Crippen LogP contribution is -2.45. The van der Waals surface area contributed by atoms with Crippen molar-refractivity contribution < 1.29 is 9.47 Å². The monoisotopic (exact) mass is 339 g/mol. The van der Waals surface area contributed by atoms with E-state index < -0.39 is 0 Å². The largest absolute Gasteiger partial charge is 0.495 e. The molecule has 5 heteroatoms. The SMILES string of the molecule is COc1cc2c(cc1N1CC(C)OC(C)C1)c1ccnc(C)c1n2C. The summed E-state index contributed by atoms with van der Waals surface area (Å²) in [5.74, 6) is 0.908. The zero-order valence-electron chi connectivity index (χ0n) is 15.5. The molecule has 25 heavy (non-hydrogen) atoms. The van der Waals surface area contributed by atoms with E-state index in [9.17, 15) is 0 Å². The van der Waals surface area contributed by atoms with E-state index in [0.717, 1.165) is 30.2 Å². The number of nitrogens with zero attached hydrogens (tertiary/aromatic N) is 3. The smallest absolute Gasteiger partial charge is 0.144 e. The van der Waals surface area contributed by atoms with Gasteiger partial charge < -0.3 is 18.9 Å². The molecule has 1 aliphatic heterocycles. The molecule has 3 heterocycles. The number of hydrogen-bond acceptors (Lipinski definition) is 4. The molecule has 3 aromatic rings. The van der Waals surface area contributed by atoms with Gasteiger partial charge in [0.25, 0.3) is 0 Å². The van der Waals surface area contributed by atoms with E-state index in [2.05, 4.69) is 60.5 Å². The molecule has 2 unspecified atom stereocenters. The third kappa shape index (κ3) is 2.54. The zero-order chi connectivity index (χ0) is 17.7. The molecule has 0 amide bonds. The maximum absolute atomic E-state index is 5.89. The number of pyridine rings is 1. The van der Waals surface area contributed by atoms with Crippen molar-refractivity contribution >= 4 is 27.5 Å². The lowest BCUT2D eigenvalue weighted by atomic mass is 10.1. The molecular formula is C20H25N3O2. The summed E-state index contributed by atoms with van der Waals surface area (Å²) in [6.07, 6.45) is 2.31. The number of anilines is 1. The molecule has 4 rings (SSSR count). The van der Waals surface area contributed by atoms with Crippen molar-refractivity contribution in [3.63, 3.8) is 0 Å². The summed E-state index contributed by atoms with van der Waals surface area (Å²) in [5, 5.41) is 2.48. The highest BCUT2D eigenvalue weighted by Gasteiger charge is 2.25. The Bertz CT molecular complexity index is 937. The molecule has 0 bridgehead atoms. The summed E-state index contributed by atoms with van der Waals surface area (Å²) < 4.78 is 13.9. The van der Waals surface area contributed by atoms with Gasteiger partial charge >= 0.3 is 0 Å². The van der Waals surface area contributed by atoms with Crippen LogP contribution in [0.4, 0.5) is 5.69 Å². The van der Waals surface area contributed by atoms with Crippen molar-refractivity contribution in [3.05, 3.63) is 30.1 Å². The topological polar surface area (TPSA) is 39.5 Å². The summed E-state index contributed by atoms with van der Waals surface area (Å²) in [6, 6.07) is 6.51. The predicted molar refractivity (Wildman–Crippen MR) is 102 cm³/mol. The Morgan fingerprint density at radius 1 is 1.16 bits per heavy atom. The molecule has 2 atom stereocenters. The molecule has 2 aromatic heterocycles. The Morgan fingerprint density at radius 3 is 2.56 bits per heavy atom. The lowest BCUT2D eigenvalue weighted by molar-refractivity contribution is -0.00531. The average Bonchev–Trinajstić information content (AvgIpc) is 2.86. The Balaban J connectivity index is 1.96. The molecule has 1 aliphatic rings. The highest BCUT2D eigenvalue weighted by Crippen LogP contribution is 2.39. The van der Waals surface area contributed by atoms with E-state index in [4.69, 9.17) is 9.47 Å². The summed E-state index contributed by atoms with van der Waals surface area (Å²) in [4.78, 5) is 6.84. The van der Waals surface area contributed by atoms with Crippen molar-refractivity contribution in [1.29, 1.82) is 0 Å². The van der Waals surface area contributed by atoms with Gasteiger partial charge in [0, 0.05) is 43.2 Å². The number of rotatable bonds is 2. The van der Waals surface area contributed by atoms with E-state index in [0.29, 0.717) is 0 Å². The van der Waals surface area contributed by atoms with Crippen LogP contribution in [-0.2, 0) is 11.8 Å². The molecule has 1 fully saturated rings. The third-order valence-corrected chi connectivity index (χ3v) is 5.15. The van der Waals surface area contributed by atoms with Crippen LogP contribution < -0.4 is 9.64 Å². The van der Waals surface area contributed by atoms with Gasteiger partial charge in [-0.05, 0) is 32.9 Å². The van der Waals surface area contributed by atoms with E-state index in [1.54, 1.807) is 7.11 Å². The fourth-order valence-electron chi connectivity index (χ4n) is 4.16. The second-order valence-electron chi connectivity index (χ2n) is 7.06. The molecule has 5 nitrogen and oxygen atoms in total. The Morgan fingerprint density at radius 2 is 1.88 bits per heavy atom. The quantitative estimate of drug-likeness (QED) is 0.714. The number of methoxy groups -OCH3 is 1. The third-order valence-electron chi connectivity index (χ3n) is 5.15. The van der Waals surface area contributed by atoms with E-state index in [-0.39, 0.29) is 12.2 Å². The van der Waals surface area contributed by atoms with Crippen LogP contribution in [0.1, 0.15) is 19.5 Å². The van der Waals surface area contributed by atoms with E-state index in [1.807, 2.05) is 6.20 Å². The van der Waals surface area contributed by atoms with Gasteiger partial charge in [0.05, 0.1) is 41.7 Å². The van der Waals surface area contributed by atoms with Gasteiger partial charge in [-0.2, -0.15) is 0 Å². The highest BCUT2D eigenvalue weighted by molar-refractivity contribution is 6.10. The first-order valence-corrected chi connectivity index (χ1v) is 8.81. The van der Waals surface area contributed by atoms with E-state index in [1.165, 1.54) is 21.8 Å². The average molecular weight is 339 g/mol. The second-order valence-corrected chi connectivity index (χ2v) is 7.06. The minimum absolute atomic E-state index is 0.211. The molecule has 0 radical (unpaired) electrons. The summed E-state index contributed by atoms with van der Waals surface area (Å²) in [5.41, 5.74) is 4.53. The molecule has 132 valence electrons. The molecule has 0 saturated carbocycles. The van der Waals surface area contributed by atoms with Crippen molar-refractivity contribution in [1.82, 2.24) is 9.55 Å². The van der Waals surface area contributed by atoms with Crippen LogP contribution in [0.5, 0.6) is 5.75 Å². The van der Waals surface area contributed by atoms with Gasteiger partial charge in [-0.1, -0.05) is 0 Å². The number of benzene rings is 1. The van der Waals surface area contributed by atoms with Gasteiger partial charge in [-0.15, -0.1) is 0 Å². The number of aromatic nitrogens is 2. The summed E-state index contributed by atoms with van der Waals surface area (Å²) >= 11 is 0. The minimum Gasteiger partial charge on any atom is -0.495 e. The van der Waals surface area contributed by atoms with Gasteiger partial charge in [-0.3, -0.25) is 4.98 Å². The minimum atomic E-state index is 0.211. The van der Waals surface area contributed by atoms with Crippen LogP contribution in [0.3, 0.4) is 0 Å². The maximum Gasteiger partial charge on any atom is 0.144 e. The Kier molecular flexibility index (Phi) is 3.84. The van der Waals surface area contributed by atoms with Crippen LogP contribution in [0.25, 0.3) is 21.8 Å². The summed E-state index contributed by atoms with van der Waals surface area (Å²) in [7, 11) is 3.84. The van der Waals surface area contributed by atoms with Crippen LogP contribution in [0, 0.1) is 6.92 Å². The number of hydrogen-bond donors (Lipinski definition) is 0. The summed E-state index contributed by atoms with van der Waals surface area (Å²) in [6.45, 7) is 8.06. The van der Waals surface area contributed by atoms with Crippen molar-refractivity contribution in [3.8, 4) is 5.75 Å². The zero-order valence-corrected chi connectivity index (χ0v) is 15.5. The van der Waals surface area contributed by atoms with Crippen molar-refractivity contribution in [2.45, 2.75) is 33.0 Å². The van der Waals surface area contributed by atoms with E-state index >= 15 is 0 Å². The predicted octanol–water partition coefficient (Wildman–Crippen LogP) is 3.66. The van der Waals surface area contributed by atoms with Gasteiger partial charge in [0.2, 0.25) is 0 Å². The lowest BCUT2D eigenvalue weighted by Gasteiger charge is -2.37. The number of morpholine rings is 1. The first-order valence-electron chi connectivity index (χ1n) is 8.81. The first kappa shape index (κ1) is 16.2. The normalized spacial score (nSPS) is 21.2. The van der Waals surface area contributed by atoms with Crippen molar-refractivity contribution in [2.24, 2.45) is 7.05 Å². The fraction of sp³-hybridized carbons (Fsp3) is 0.450. The molecular weight excluding hydrogens is 314 g/mol. The van der Waals surface area contributed by atoms with Crippen LogP contribution in [0.2, 0.25) is 0 Å². The maximum atomic E-state index is 5.89. The Hall–Kier alpha value is -2.27. The molecule has 1 saturated heterocycles. The van der Waals surface area contributed by atoms with Crippen LogP contribution in [-0.4, -0.2) is 42.0 Å². The number of fused-ring (bicyclic) bond motifs is 3. The van der Waals surface area contributed by atoms with Gasteiger partial charge in [0.15, 0.2) is 0 Å². The highest BCUT2D eigenvalue weighted by atomic mass is 16.5. The first-order chi connectivity index (χ1) is 12.0. The standard InChI is InChI=1S/C20H25N3O2/c1-12-10-23(11-13(2)25-12)18-8-16-15-6-7-21-14(3)20(15)22(4)17(16)9-19(18)24-5/h6-9,12-13H,10-11H2,1-5H3. The van der Waals surface area contributed by atoms with Crippen LogP contribution >= 0.6 is 0 Å². The molecule has 0 spiro atoms. The molecule has 0 N–H and O–H groups in total. The number of ether oxygens (including phenoxy) is 2. The fourth-order valence-corrected chi connectivity index (χ4v) is 4.16. The van der Waals surface area contributed by atoms with Gasteiger partial charge in [-0.25, -0.2) is 0 Å². The van der Waals surface area contributed by atoms with Crippen molar-refractivity contribution in [2.75, 3.05) is 25.1 Å². The van der Waals surface area contributed by atoms with Crippen LogP contribution in [0.15, 0.2) is 24.4 Å².